The Morgan fingerprint density at radius 3 is 3.06 bits per heavy atom. The molecule has 84 valence electrons. The minimum Gasteiger partial charge on any atom is -0.422 e. The molecule has 1 fully saturated rings. The summed E-state index contributed by atoms with van der Waals surface area (Å²) in [6.45, 7) is 1.54. The molecule has 1 aromatic carbocycles. The van der Waals surface area contributed by atoms with Crippen molar-refractivity contribution >= 4 is 22.8 Å². The molecule has 0 saturated carbocycles. The maximum absolute atomic E-state index is 5.68. The summed E-state index contributed by atoms with van der Waals surface area (Å²) in [5.41, 5.74) is 7.86. The fourth-order valence-corrected chi connectivity index (χ4v) is 1.78. The van der Waals surface area contributed by atoms with Gasteiger partial charge in [0.05, 0.1) is 13.2 Å². The third-order valence-corrected chi connectivity index (χ3v) is 2.62. The van der Waals surface area contributed by atoms with Gasteiger partial charge in [0.1, 0.15) is 5.52 Å². The fraction of sp³-hybridized carbons (Fsp3) is 0.364. The standard InChI is InChI=1S/C11H13N3O2/c12-8-3-4-9-10(7-8)16-11(13-9)14-5-1-2-6-15-14/h3-4,7H,1-2,5-6,12H2. The first-order chi connectivity index (χ1) is 7.83. The van der Waals surface area contributed by atoms with Crippen molar-refractivity contribution in [1.29, 1.82) is 0 Å². The number of nitrogens with two attached hydrogens (primary N) is 1. The predicted octanol–water partition coefficient (Wildman–Crippen LogP) is 1.94. The lowest BCUT2D eigenvalue weighted by Crippen LogP contribution is -2.29. The number of nitrogens with zero attached hydrogens (tertiary/aromatic N) is 2. The minimum absolute atomic E-state index is 0.514. The number of aromatic nitrogens is 1. The van der Waals surface area contributed by atoms with Crippen LogP contribution in [0, 0.1) is 0 Å². The van der Waals surface area contributed by atoms with E-state index in [-0.39, 0.29) is 0 Å². The van der Waals surface area contributed by atoms with E-state index in [1.165, 1.54) is 0 Å². The summed E-state index contributed by atoms with van der Waals surface area (Å²) in [5.74, 6) is 0. The Balaban J connectivity index is 1.97. The van der Waals surface area contributed by atoms with Crippen molar-refractivity contribution in [2.45, 2.75) is 12.8 Å². The van der Waals surface area contributed by atoms with E-state index in [0.29, 0.717) is 17.3 Å². The normalized spacial score (nSPS) is 16.9. The third-order valence-electron chi connectivity index (χ3n) is 2.62. The fourth-order valence-electron chi connectivity index (χ4n) is 1.78. The average molecular weight is 219 g/mol. The molecule has 1 aliphatic rings. The van der Waals surface area contributed by atoms with Crippen LogP contribution in [0.15, 0.2) is 22.6 Å². The lowest BCUT2D eigenvalue weighted by atomic mass is 10.3. The van der Waals surface area contributed by atoms with Crippen LogP contribution in [0.25, 0.3) is 11.1 Å². The van der Waals surface area contributed by atoms with Crippen LogP contribution in [0.4, 0.5) is 11.7 Å². The van der Waals surface area contributed by atoms with Crippen LogP contribution in [0.3, 0.4) is 0 Å². The average Bonchev–Trinajstić information content (AvgIpc) is 2.73. The van der Waals surface area contributed by atoms with Gasteiger partial charge < -0.3 is 10.2 Å². The van der Waals surface area contributed by atoms with Gasteiger partial charge >= 0.3 is 6.01 Å². The van der Waals surface area contributed by atoms with E-state index in [0.717, 1.165) is 31.5 Å². The number of anilines is 2. The van der Waals surface area contributed by atoms with Crippen LogP contribution < -0.4 is 10.8 Å². The van der Waals surface area contributed by atoms with E-state index in [1.54, 1.807) is 11.1 Å². The van der Waals surface area contributed by atoms with Crippen LogP contribution >= 0.6 is 0 Å². The molecular formula is C11H13N3O2. The molecule has 1 saturated heterocycles. The first-order valence-electron chi connectivity index (χ1n) is 5.39. The molecule has 2 heterocycles. The molecule has 5 heteroatoms. The minimum atomic E-state index is 0.514. The van der Waals surface area contributed by atoms with E-state index in [9.17, 15) is 0 Å². The SMILES string of the molecule is Nc1ccc2nc(N3CCCCO3)oc2c1. The quantitative estimate of drug-likeness (QED) is 0.742. The second-order valence-corrected chi connectivity index (χ2v) is 3.87. The van der Waals surface area contributed by atoms with Gasteiger partial charge in [-0.1, -0.05) is 0 Å². The summed E-state index contributed by atoms with van der Waals surface area (Å²) >= 11 is 0. The van der Waals surface area contributed by atoms with Crippen LogP contribution in [0.1, 0.15) is 12.8 Å². The van der Waals surface area contributed by atoms with Gasteiger partial charge in [-0.05, 0) is 25.0 Å². The Labute approximate surface area is 92.7 Å². The number of benzene rings is 1. The van der Waals surface area contributed by atoms with Crippen LogP contribution in [-0.2, 0) is 4.84 Å². The molecule has 3 rings (SSSR count). The van der Waals surface area contributed by atoms with E-state index in [1.807, 2.05) is 12.1 Å². The second kappa shape index (κ2) is 3.68. The molecule has 1 aliphatic heterocycles. The molecule has 0 aliphatic carbocycles. The van der Waals surface area contributed by atoms with E-state index in [2.05, 4.69) is 4.98 Å². The monoisotopic (exact) mass is 219 g/mol. The van der Waals surface area contributed by atoms with Crippen molar-refractivity contribution in [3.63, 3.8) is 0 Å². The van der Waals surface area contributed by atoms with Gasteiger partial charge in [0.15, 0.2) is 5.58 Å². The van der Waals surface area contributed by atoms with Gasteiger partial charge in [-0.2, -0.15) is 4.98 Å². The molecule has 16 heavy (non-hydrogen) atoms. The molecule has 2 aromatic rings. The Morgan fingerprint density at radius 2 is 2.25 bits per heavy atom. The maximum atomic E-state index is 5.68. The topological polar surface area (TPSA) is 64.5 Å². The second-order valence-electron chi connectivity index (χ2n) is 3.87. The third kappa shape index (κ3) is 1.59. The van der Waals surface area contributed by atoms with Gasteiger partial charge in [-0.15, -0.1) is 0 Å². The molecule has 0 spiro atoms. The Bertz CT molecular complexity index is 503. The first-order valence-corrected chi connectivity index (χ1v) is 5.39. The van der Waals surface area contributed by atoms with Crippen molar-refractivity contribution in [2.75, 3.05) is 23.9 Å². The van der Waals surface area contributed by atoms with Crippen LogP contribution in [-0.4, -0.2) is 18.1 Å². The zero-order valence-corrected chi connectivity index (χ0v) is 8.85. The van der Waals surface area contributed by atoms with Crippen molar-refractivity contribution in [2.24, 2.45) is 0 Å². The molecule has 0 radical (unpaired) electrons. The van der Waals surface area contributed by atoms with Gasteiger partial charge in [0, 0.05) is 11.8 Å². The largest absolute Gasteiger partial charge is 0.422 e. The van der Waals surface area contributed by atoms with Crippen LogP contribution in [0.5, 0.6) is 0 Å². The summed E-state index contributed by atoms with van der Waals surface area (Å²) in [6, 6.07) is 5.95. The van der Waals surface area contributed by atoms with Crippen molar-refractivity contribution in [1.82, 2.24) is 4.98 Å². The van der Waals surface area contributed by atoms with Gasteiger partial charge in [0.25, 0.3) is 0 Å². The zero-order valence-electron chi connectivity index (χ0n) is 8.85. The van der Waals surface area contributed by atoms with Gasteiger partial charge in [0.2, 0.25) is 0 Å². The summed E-state index contributed by atoms with van der Waals surface area (Å²) in [4.78, 5) is 9.83. The van der Waals surface area contributed by atoms with Crippen molar-refractivity contribution < 1.29 is 9.25 Å². The van der Waals surface area contributed by atoms with Crippen LogP contribution in [0.2, 0.25) is 0 Å². The number of oxazole rings is 1. The number of hydroxylamine groups is 1. The van der Waals surface area contributed by atoms with Gasteiger partial charge in [-0.3, -0.25) is 4.84 Å². The van der Waals surface area contributed by atoms with E-state index in [4.69, 9.17) is 15.0 Å². The molecule has 5 nitrogen and oxygen atoms in total. The highest BCUT2D eigenvalue weighted by Gasteiger charge is 2.17. The molecular weight excluding hydrogens is 206 g/mol. The number of rotatable bonds is 1. The number of hydrogen-bond acceptors (Lipinski definition) is 5. The van der Waals surface area contributed by atoms with E-state index >= 15 is 0 Å². The lowest BCUT2D eigenvalue weighted by molar-refractivity contribution is 0.0676. The molecule has 0 bridgehead atoms. The van der Waals surface area contributed by atoms with Crippen molar-refractivity contribution in [3.05, 3.63) is 18.2 Å². The molecule has 2 N–H and O–H groups in total. The Kier molecular flexibility index (Phi) is 2.18. The first kappa shape index (κ1) is 9.47. The number of hydrogen-bond donors (Lipinski definition) is 1. The molecule has 0 unspecified atom stereocenters. The summed E-state index contributed by atoms with van der Waals surface area (Å²) in [7, 11) is 0. The Hall–Kier alpha value is -1.75. The predicted molar refractivity (Wildman–Crippen MR) is 61.0 cm³/mol. The lowest BCUT2D eigenvalue weighted by Gasteiger charge is -2.23. The maximum Gasteiger partial charge on any atom is 0.323 e. The smallest absolute Gasteiger partial charge is 0.323 e. The van der Waals surface area contributed by atoms with E-state index < -0.39 is 0 Å². The number of fused-ring (bicyclic) bond motifs is 1. The highest BCUT2D eigenvalue weighted by atomic mass is 16.7. The molecule has 1 aromatic heterocycles. The van der Waals surface area contributed by atoms with Crippen molar-refractivity contribution in [3.8, 4) is 0 Å². The zero-order chi connectivity index (χ0) is 11.0. The number of nitrogen functional groups attached to an aromatic ring is 1. The van der Waals surface area contributed by atoms with Gasteiger partial charge in [-0.25, -0.2) is 5.06 Å². The summed E-state index contributed by atoms with van der Waals surface area (Å²) in [5, 5.41) is 1.71. The highest BCUT2D eigenvalue weighted by molar-refractivity contribution is 5.78. The molecule has 0 amide bonds. The summed E-state index contributed by atoms with van der Waals surface area (Å²) < 4.78 is 5.60. The Morgan fingerprint density at radius 1 is 1.31 bits per heavy atom. The highest BCUT2D eigenvalue weighted by Crippen LogP contribution is 2.25. The molecule has 0 atom stereocenters. The summed E-state index contributed by atoms with van der Waals surface area (Å²) in [6.07, 6.45) is 2.19.